The van der Waals surface area contributed by atoms with Gasteiger partial charge in [-0.1, -0.05) is 54.6 Å². The summed E-state index contributed by atoms with van der Waals surface area (Å²) in [6.07, 6.45) is 0. The second-order valence-electron chi connectivity index (χ2n) is 10.1. The van der Waals surface area contributed by atoms with Gasteiger partial charge in [0, 0.05) is 6.54 Å². The van der Waals surface area contributed by atoms with Crippen LogP contribution in [0, 0.1) is 13.8 Å². The first kappa shape index (κ1) is 25.4. The molecule has 1 aliphatic heterocycles. The lowest BCUT2D eigenvalue weighted by Crippen LogP contribution is -2.29. The normalized spacial score (nSPS) is 14.4. The Labute approximate surface area is 232 Å². The number of rotatable bonds is 7. The lowest BCUT2D eigenvalue weighted by Gasteiger charge is -2.25. The predicted octanol–water partition coefficient (Wildman–Crippen LogP) is 6.74. The Morgan fingerprint density at radius 3 is 2.17 bits per heavy atom. The van der Waals surface area contributed by atoms with Crippen LogP contribution in [-0.2, 0) is 13.2 Å². The van der Waals surface area contributed by atoms with E-state index >= 15 is 0 Å². The average molecular weight is 532 g/mol. The van der Waals surface area contributed by atoms with E-state index < -0.39 is 6.04 Å². The Kier molecular flexibility index (Phi) is 6.60. The van der Waals surface area contributed by atoms with Gasteiger partial charge in [-0.15, -0.1) is 0 Å². The van der Waals surface area contributed by atoms with Crippen LogP contribution in [-0.4, -0.2) is 17.9 Å². The maximum absolute atomic E-state index is 13.9. The van der Waals surface area contributed by atoms with E-state index in [0.717, 1.165) is 33.6 Å². The lowest BCUT2D eigenvalue weighted by atomic mass is 9.97. The van der Waals surface area contributed by atoms with Crippen LogP contribution in [0.2, 0.25) is 0 Å². The number of benzene rings is 4. The van der Waals surface area contributed by atoms with Crippen molar-refractivity contribution in [1.29, 1.82) is 0 Å². The third-order valence-electron chi connectivity index (χ3n) is 7.54. The van der Waals surface area contributed by atoms with Crippen LogP contribution >= 0.6 is 0 Å². The molecule has 0 N–H and O–H groups in total. The van der Waals surface area contributed by atoms with Crippen molar-refractivity contribution >= 4 is 16.9 Å². The van der Waals surface area contributed by atoms with E-state index in [1.165, 1.54) is 0 Å². The van der Waals surface area contributed by atoms with Gasteiger partial charge < -0.3 is 18.8 Å². The Balaban J connectivity index is 1.41. The summed E-state index contributed by atoms with van der Waals surface area (Å²) in [5.74, 6) is 1.23. The minimum Gasteiger partial charge on any atom is -0.497 e. The molecule has 0 saturated heterocycles. The van der Waals surface area contributed by atoms with E-state index in [1.54, 1.807) is 12.0 Å². The van der Waals surface area contributed by atoms with Crippen molar-refractivity contribution in [3.8, 4) is 11.5 Å². The Morgan fingerprint density at radius 1 is 0.800 bits per heavy atom. The molecule has 1 aliphatic rings. The summed E-state index contributed by atoms with van der Waals surface area (Å²) in [6, 6.07) is 28.2. The van der Waals surface area contributed by atoms with Crippen LogP contribution in [0.4, 0.5) is 0 Å². The van der Waals surface area contributed by atoms with E-state index in [2.05, 4.69) is 0 Å². The first-order valence-corrected chi connectivity index (χ1v) is 13.2. The van der Waals surface area contributed by atoms with Crippen molar-refractivity contribution in [1.82, 2.24) is 4.90 Å². The van der Waals surface area contributed by atoms with Gasteiger partial charge in [0.05, 0.1) is 24.1 Å². The lowest BCUT2D eigenvalue weighted by molar-refractivity contribution is 0.0714. The number of carbonyl (C=O) groups is 1. The number of carbonyl (C=O) groups excluding carboxylic acids is 1. The second kappa shape index (κ2) is 10.4. The quantitative estimate of drug-likeness (QED) is 0.233. The third-order valence-corrected chi connectivity index (χ3v) is 7.54. The molecule has 0 saturated carbocycles. The Bertz CT molecular complexity index is 1760. The predicted molar refractivity (Wildman–Crippen MR) is 154 cm³/mol. The van der Waals surface area contributed by atoms with Crippen molar-refractivity contribution in [2.45, 2.75) is 33.0 Å². The van der Waals surface area contributed by atoms with E-state index in [9.17, 15) is 9.59 Å². The van der Waals surface area contributed by atoms with Crippen LogP contribution in [0.3, 0.4) is 0 Å². The highest BCUT2D eigenvalue weighted by Gasteiger charge is 2.42. The summed E-state index contributed by atoms with van der Waals surface area (Å²) in [5.41, 5.74) is 5.40. The fourth-order valence-corrected chi connectivity index (χ4v) is 5.20. The van der Waals surface area contributed by atoms with Crippen molar-refractivity contribution < 1.29 is 18.7 Å². The van der Waals surface area contributed by atoms with Gasteiger partial charge in [-0.25, -0.2) is 0 Å². The average Bonchev–Trinajstić information content (AvgIpc) is 3.25. The first-order valence-electron chi connectivity index (χ1n) is 13.2. The molecule has 1 amide bonds. The largest absolute Gasteiger partial charge is 0.497 e. The zero-order chi connectivity index (χ0) is 27.8. The highest BCUT2D eigenvalue weighted by molar-refractivity contribution is 5.99. The van der Waals surface area contributed by atoms with E-state index in [1.807, 2.05) is 105 Å². The highest BCUT2D eigenvalue weighted by atomic mass is 16.5. The summed E-state index contributed by atoms with van der Waals surface area (Å²) in [7, 11) is 1.62. The molecule has 1 aromatic heterocycles. The molecule has 0 aliphatic carbocycles. The Hall–Kier alpha value is -4.84. The maximum atomic E-state index is 13.9. The number of methoxy groups -OCH3 is 1. The molecule has 0 radical (unpaired) electrons. The maximum Gasteiger partial charge on any atom is 0.291 e. The third kappa shape index (κ3) is 4.62. The van der Waals surface area contributed by atoms with Gasteiger partial charge in [0.15, 0.2) is 5.43 Å². The van der Waals surface area contributed by atoms with Crippen LogP contribution in [0.5, 0.6) is 11.5 Å². The molecule has 6 nitrogen and oxygen atoms in total. The van der Waals surface area contributed by atoms with E-state index in [4.69, 9.17) is 13.9 Å². The number of hydrogen-bond acceptors (Lipinski definition) is 5. The second-order valence-corrected chi connectivity index (χ2v) is 10.1. The molecule has 1 unspecified atom stereocenters. The number of hydrogen-bond donors (Lipinski definition) is 0. The van der Waals surface area contributed by atoms with Crippen LogP contribution in [0.1, 0.15) is 50.0 Å². The van der Waals surface area contributed by atoms with E-state index in [-0.39, 0.29) is 17.1 Å². The van der Waals surface area contributed by atoms with Crippen molar-refractivity contribution in [2.24, 2.45) is 0 Å². The van der Waals surface area contributed by atoms with Gasteiger partial charge >= 0.3 is 0 Å². The molecular formula is C34H29NO5. The summed E-state index contributed by atoms with van der Waals surface area (Å²) in [5, 5.41) is 0.480. The molecule has 2 heterocycles. The van der Waals surface area contributed by atoms with Gasteiger partial charge in [0.25, 0.3) is 5.91 Å². The molecule has 0 bridgehead atoms. The number of ether oxygens (including phenoxy) is 2. The minimum atomic E-state index is -0.602. The molecule has 6 rings (SSSR count). The monoisotopic (exact) mass is 531 g/mol. The number of fused-ring (bicyclic) bond motifs is 2. The van der Waals surface area contributed by atoms with Crippen LogP contribution < -0.4 is 14.9 Å². The Morgan fingerprint density at radius 2 is 1.48 bits per heavy atom. The molecule has 40 heavy (non-hydrogen) atoms. The van der Waals surface area contributed by atoms with Gasteiger partial charge in [-0.2, -0.15) is 0 Å². The van der Waals surface area contributed by atoms with Crippen molar-refractivity contribution in [3.63, 3.8) is 0 Å². The SMILES string of the molecule is COc1ccc(CN2C(=O)c3oc4cc(C)c(C)cc4c(=O)c3C2c2ccc(OCc3ccccc3)cc2)cc1. The van der Waals surface area contributed by atoms with Crippen LogP contribution in [0.15, 0.2) is 100 Å². The van der Waals surface area contributed by atoms with E-state index in [0.29, 0.717) is 35.4 Å². The fraction of sp³-hybridized carbons (Fsp3) is 0.176. The summed E-state index contributed by atoms with van der Waals surface area (Å²) < 4.78 is 17.4. The molecule has 6 heteroatoms. The molecular weight excluding hydrogens is 502 g/mol. The van der Waals surface area contributed by atoms with Gasteiger partial charge in [0.1, 0.15) is 23.7 Å². The molecule has 1 atom stereocenters. The molecule has 4 aromatic carbocycles. The molecule has 5 aromatic rings. The minimum absolute atomic E-state index is 0.101. The molecule has 200 valence electrons. The highest BCUT2D eigenvalue weighted by Crippen LogP contribution is 2.40. The summed E-state index contributed by atoms with van der Waals surface area (Å²) in [6.45, 7) is 4.68. The number of amides is 1. The standard InChI is InChI=1S/C34H29NO5/c1-21-17-28-29(18-22(21)2)40-33-30(32(28)36)31(35(34(33)37)19-23-9-13-26(38-3)14-10-23)25-11-15-27(16-12-25)39-20-24-7-5-4-6-8-24/h4-18,31H,19-20H2,1-3H3. The number of aryl methyl sites for hydroxylation is 2. The van der Waals surface area contributed by atoms with Gasteiger partial charge in [-0.05, 0) is 78.1 Å². The van der Waals surface area contributed by atoms with Crippen molar-refractivity contribution in [3.05, 3.63) is 140 Å². The number of nitrogens with zero attached hydrogens (tertiary/aromatic N) is 1. The van der Waals surface area contributed by atoms with Gasteiger partial charge in [-0.3, -0.25) is 9.59 Å². The summed E-state index contributed by atoms with van der Waals surface area (Å²) in [4.78, 5) is 29.5. The van der Waals surface area contributed by atoms with Crippen molar-refractivity contribution in [2.75, 3.05) is 7.11 Å². The molecule has 0 spiro atoms. The zero-order valence-corrected chi connectivity index (χ0v) is 22.6. The molecule has 0 fully saturated rings. The smallest absolute Gasteiger partial charge is 0.291 e. The van der Waals surface area contributed by atoms with Gasteiger partial charge in [0.2, 0.25) is 5.76 Å². The first-order chi connectivity index (χ1) is 19.4. The zero-order valence-electron chi connectivity index (χ0n) is 22.6. The topological polar surface area (TPSA) is 69.0 Å². The fourth-order valence-electron chi connectivity index (χ4n) is 5.20. The van der Waals surface area contributed by atoms with Crippen LogP contribution in [0.25, 0.3) is 11.0 Å². The summed E-state index contributed by atoms with van der Waals surface area (Å²) >= 11 is 0.